The molecule has 0 saturated carbocycles. The van der Waals surface area contributed by atoms with Crippen molar-refractivity contribution in [3.05, 3.63) is 41.5 Å². The Bertz CT molecular complexity index is 669. The fourth-order valence-electron chi connectivity index (χ4n) is 3.53. The molecule has 0 aromatic heterocycles. The highest BCUT2D eigenvalue weighted by Crippen LogP contribution is 2.21. The number of aliphatic hydroxyl groups is 1. The summed E-state index contributed by atoms with van der Waals surface area (Å²) < 4.78 is 0. The Morgan fingerprint density at radius 3 is 2.88 bits per heavy atom. The first kappa shape index (κ1) is 17.7. The third kappa shape index (κ3) is 4.92. The minimum atomic E-state index is -0.440. The van der Waals surface area contributed by atoms with Crippen LogP contribution in [-0.2, 0) is 4.79 Å². The van der Waals surface area contributed by atoms with E-state index in [-0.39, 0.29) is 11.8 Å². The molecule has 1 saturated heterocycles. The van der Waals surface area contributed by atoms with Gasteiger partial charge in [-0.15, -0.1) is 0 Å². The van der Waals surface area contributed by atoms with E-state index in [9.17, 15) is 14.7 Å². The summed E-state index contributed by atoms with van der Waals surface area (Å²) in [5, 5.41) is 12.6. The summed E-state index contributed by atoms with van der Waals surface area (Å²) in [6, 6.07) is 7.05. The quantitative estimate of drug-likeness (QED) is 0.826. The number of piperidine rings is 1. The second-order valence-electron chi connectivity index (χ2n) is 6.96. The molecule has 5 nitrogen and oxygen atoms in total. The third-order valence-corrected chi connectivity index (χ3v) is 4.85. The van der Waals surface area contributed by atoms with Crippen molar-refractivity contribution >= 4 is 17.5 Å². The summed E-state index contributed by atoms with van der Waals surface area (Å²) >= 11 is 0. The lowest BCUT2D eigenvalue weighted by Crippen LogP contribution is -2.42. The number of benzene rings is 1. The van der Waals surface area contributed by atoms with E-state index < -0.39 is 6.10 Å². The highest BCUT2D eigenvalue weighted by atomic mass is 16.3. The average molecular weight is 342 g/mol. The molecule has 3 rings (SSSR count). The Morgan fingerprint density at radius 2 is 2.12 bits per heavy atom. The molecular formula is C20H26N2O3. The van der Waals surface area contributed by atoms with Gasteiger partial charge in [0, 0.05) is 30.8 Å². The van der Waals surface area contributed by atoms with E-state index in [0.29, 0.717) is 30.8 Å². The van der Waals surface area contributed by atoms with Crippen molar-refractivity contribution in [2.24, 2.45) is 0 Å². The number of aliphatic hydroxyl groups excluding tert-OH is 1. The van der Waals surface area contributed by atoms with E-state index in [1.807, 2.05) is 0 Å². The highest BCUT2D eigenvalue weighted by Gasteiger charge is 2.23. The topological polar surface area (TPSA) is 69.6 Å². The monoisotopic (exact) mass is 342 g/mol. The molecule has 1 aromatic rings. The number of nitrogens with zero attached hydrogens (tertiary/aromatic N) is 1. The summed E-state index contributed by atoms with van der Waals surface area (Å²) in [7, 11) is 0. The van der Waals surface area contributed by atoms with Gasteiger partial charge in [-0.05, 0) is 56.7 Å². The lowest BCUT2D eigenvalue weighted by molar-refractivity contribution is -0.115. The van der Waals surface area contributed by atoms with E-state index in [4.69, 9.17) is 0 Å². The van der Waals surface area contributed by atoms with Gasteiger partial charge in [-0.25, -0.2) is 0 Å². The Labute approximate surface area is 148 Å². The van der Waals surface area contributed by atoms with Crippen LogP contribution >= 0.6 is 0 Å². The predicted octanol–water partition coefficient (Wildman–Crippen LogP) is 3.11. The van der Waals surface area contributed by atoms with Crippen LogP contribution in [0.1, 0.15) is 55.3 Å². The fraction of sp³-hybridized carbons (Fsp3) is 0.500. The zero-order valence-corrected chi connectivity index (χ0v) is 14.5. The van der Waals surface area contributed by atoms with Crippen molar-refractivity contribution in [3.63, 3.8) is 0 Å². The largest absolute Gasteiger partial charge is 0.391 e. The number of hydrogen-bond acceptors (Lipinski definition) is 3. The summed E-state index contributed by atoms with van der Waals surface area (Å²) in [5.41, 5.74) is 2.40. The van der Waals surface area contributed by atoms with Gasteiger partial charge in [0.2, 0.25) is 5.91 Å². The molecule has 0 radical (unpaired) electrons. The van der Waals surface area contributed by atoms with Crippen LogP contribution in [0.3, 0.4) is 0 Å². The first-order valence-corrected chi connectivity index (χ1v) is 9.17. The van der Waals surface area contributed by atoms with Crippen molar-refractivity contribution in [1.82, 2.24) is 4.90 Å². The van der Waals surface area contributed by atoms with Crippen LogP contribution in [0.2, 0.25) is 0 Å². The number of rotatable bonds is 4. The zero-order valence-electron chi connectivity index (χ0n) is 14.5. The molecular weight excluding hydrogens is 316 g/mol. The van der Waals surface area contributed by atoms with Crippen molar-refractivity contribution in [3.8, 4) is 0 Å². The van der Waals surface area contributed by atoms with Gasteiger partial charge in [0.1, 0.15) is 0 Å². The number of allylic oxidation sites excluding steroid dienone is 1. The Morgan fingerprint density at radius 1 is 1.24 bits per heavy atom. The maximum atomic E-state index is 12.6. The van der Waals surface area contributed by atoms with Gasteiger partial charge in [0.05, 0.1) is 6.10 Å². The van der Waals surface area contributed by atoms with Crippen molar-refractivity contribution in [1.29, 1.82) is 0 Å². The molecule has 2 aliphatic rings. The maximum absolute atomic E-state index is 12.6. The zero-order chi connectivity index (χ0) is 17.6. The van der Waals surface area contributed by atoms with Gasteiger partial charge < -0.3 is 15.3 Å². The smallest absolute Gasteiger partial charge is 0.254 e. The molecule has 2 amide bonds. The number of hydrogen-bond donors (Lipinski definition) is 2. The maximum Gasteiger partial charge on any atom is 0.254 e. The summed E-state index contributed by atoms with van der Waals surface area (Å²) in [6.07, 6.45) is 8.15. The SMILES string of the molecule is O=C(CC1=CCCCC1)Nc1cccc(C(=O)N2CCCC(O)C2)c1. The van der Waals surface area contributed by atoms with Crippen LogP contribution in [0, 0.1) is 0 Å². The van der Waals surface area contributed by atoms with E-state index in [0.717, 1.165) is 32.1 Å². The lowest BCUT2D eigenvalue weighted by atomic mass is 9.97. The Kier molecular flexibility index (Phi) is 5.87. The second kappa shape index (κ2) is 8.30. The molecule has 0 spiro atoms. The number of carbonyl (C=O) groups is 2. The number of β-amino-alcohol motifs (C(OH)–C–C–N with tert-alkyl or cyclic N) is 1. The summed E-state index contributed by atoms with van der Waals surface area (Å²) in [6.45, 7) is 1.05. The molecule has 2 N–H and O–H groups in total. The minimum absolute atomic E-state index is 0.0360. The third-order valence-electron chi connectivity index (χ3n) is 4.85. The van der Waals surface area contributed by atoms with E-state index >= 15 is 0 Å². The molecule has 5 heteroatoms. The van der Waals surface area contributed by atoms with Crippen LogP contribution in [0.4, 0.5) is 5.69 Å². The highest BCUT2D eigenvalue weighted by molar-refractivity contribution is 5.97. The van der Waals surface area contributed by atoms with Crippen molar-refractivity contribution in [2.45, 2.75) is 51.0 Å². The molecule has 0 bridgehead atoms. The van der Waals surface area contributed by atoms with Gasteiger partial charge >= 0.3 is 0 Å². The van der Waals surface area contributed by atoms with E-state index in [1.54, 1.807) is 29.2 Å². The van der Waals surface area contributed by atoms with Crippen LogP contribution < -0.4 is 5.32 Å². The van der Waals surface area contributed by atoms with Gasteiger partial charge in [0.15, 0.2) is 0 Å². The molecule has 1 heterocycles. The Balaban J connectivity index is 1.61. The van der Waals surface area contributed by atoms with Crippen LogP contribution in [0.5, 0.6) is 0 Å². The molecule has 1 aromatic carbocycles. The van der Waals surface area contributed by atoms with Crippen LogP contribution in [-0.4, -0.2) is 41.0 Å². The number of likely N-dealkylation sites (tertiary alicyclic amines) is 1. The first-order valence-electron chi connectivity index (χ1n) is 9.17. The van der Waals surface area contributed by atoms with Crippen molar-refractivity contribution < 1.29 is 14.7 Å². The summed E-state index contributed by atoms with van der Waals surface area (Å²) in [4.78, 5) is 26.5. The van der Waals surface area contributed by atoms with Crippen LogP contribution in [0.15, 0.2) is 35.9 Å². The molecule has 25 heavy (non-hydrogen) atoms. The van der Waals surface area contributed by atoms with Gasteiger partial charge in [-0.3, -0.25) is 9.59 Å². The van der Waals surface area contributed by atoms with Gasteiger partial charge in [0.25, 0.3) is 5.91 Å². The van der Waals surface area contributed by atoms with E-state index in [1.165, 1.54) is 12.0 Å². The number of amides is 2. The normalized spacial score (nSPS) is 20.8. The number of anilines is 1. The molecule has 1 aliphatic heterocycles. The lowest BCUT2D eigenvalue weighted by Gasteiger charge is -2.30. The van der Waals surface area contributed by atoms with Crippen molar-refractivity contribution in [2.75, 3.05) is 18.4 Å². The molecule has 1 fully saturated rings. The number of carbonyl (C=O) groups excluding carboxylic acids is 2. The summed E-state index contributed by atoms with van der Waals surface area (Å²) in [5.74, 6) is -0.129. The minimum Gasteiger partial charge on any atom is -0.391 e. The fourth-order valence-corrected chi connectivity index (χ4v) is 3.53. The standard InChI is InChI=1S/C20H26N2O3/c23-18-10-5-11-22(14-18)20(25)16-8-4-9-17(13-16)21-19(24)12-15-6-2-1-3-7-15/h4,6,8-9,13,18,23H,1-3,5,7,10-12,14H2,(H,21,24). The van der Waals surface area contributed by atoms with Gasteiger partial charge in [-0.1, -0.05) is 17.7 Å². The molecule has 1 atom stereocenters. The first-order chi connectivity index (χ1) is 12.1. The number of nitrogens with one attached hydrogen (secondary N) is 1. The molecule has 1 aliphatic carbocycles. The molecule has 134 valence electrons. The second-order valence-corrected chi connectivity index (χ2v) is 6.96. The Hall–Kier alpha value is -2.14. The van der Waals surface area contributed by atoms with Crippen LogP contribution in [0.25, 0.3) is 0 Å². The predicted molar refractivity (Wildman–Crippen MR) is 97.4 cm³/mol. The molecule has 1 unspecified atom stereocenters. The average Bonchev–Trinajstić information content (AvgIpc) is 2.62. The van der Waals surface area contributed by atoms with Gasteiger partial charge in [-0.2, -0.15) is 0 Å². The van der Waals surface area contributed by atoms with E-state index in [2.05, 4.69) is 11.4 Å².